The van der Waals surface area contributed by atoms with Crippen LogP contribution in [0.3, 0.4) is 0 Å². The molecule has 1 unspecified atom stereocenters. The summed E-state index contributed by atoms with van der Waals surface area (Å²) >= 11 is 3.46. The SMILES string of the molecule is Cc1cc(NCC(C)CO)ccc1Br. The van der Waals surface area contributed by atoms with Gasteiger partial charge in [0.1, 0.15) is 0 Å². The largest absolute Gasteiger partial charge is 0.396 e. The van der Waals surface area contributed by atoms with E-state index in [1.165, 1.54) is 5.56 Å². The molecule has 0 aromatic heterocycles. The summed E-state index contributed by atoms with van der Waals surface area (Å²) in [5, 5.41) is 12.1. The molecule has 2 N–H and O–H groups in total. The number of hydrogen-bond acceptors (Lipinski definition) is 2. The van der Waals surface area contributed by atoms with Gasteiger partial charge >= 0.3 is 0 Å². The average Bonchev–Trinajstić information content (AvgIpc) is 2.19. The molecule has 14 heavy (non-hydrogen) atoms. The normalized spacial score (nSPS) is 12.6. The predicted molar refractivity (Wildman–Crippen MR) is 63.6 cm³/mol. The van der Waals surface area contributed by atoms with E-state index in [0.717, 1.165) is 16.7 Å². The van der Waals surface area contributed by atoms with E-state index in [1.54, 1.807) is 0 Å². The maximum atomic E-state index is 8.86. The lowest BCUT2D eigenvalue weighted by molar-refractivity contribution is 0.244. The van der Waals surface area contributed by atoms with Crippen molar-refractivity contribution in [2.45, 2.75) is 13.8 Å². The van der Waals surface area contributed by atoms with E-state index in [4.69, 9.17) is 5.11 Å². The van der Waals surface area contributed by atoms with Crippen molar-refractivity contribution in [3.8, 4) is 0 Å². The summed E-state index contributed by atoms with van der Waals surface area (Å²) in [4.78, 5) is 0. The van der Waals surface area contributed by atoms with Gasteiger partial charge in [-0.1, -0.05) is 22.9 Å². The summed E-state index contributed by atoms with van der Waals surface area (Å²) in [6, 6.07) is 6.15. The van der Waals surface area contributed by atoms with Crippen LogP contribution in [0.5, 0.6) is 0 Å². The van der Waals surface area contributed by atoms with Crippen molar-refractivity contribution in [2.24, 2.45) is 5.92 Å². The van der Waals surface area contributed by atoms with Crippen LogP contribution in [0.25, 0.3) is 0 Å². The van der Waals surface area contributed by atoms with Gasteiger partial charge in [-0.05, 0) is 36.6 Å². The van der Waals surface area contributed by atoms with Crippen LogP contribution in [-0.2, 0) is 0 Å². The fourth-order valence-electron chi connectivity index (χ4n) is 1.11. The van der Waals surface area contributed by atoms with Gasteiger partial charge in [-0.15, -0.1) is 0 Å². The molecular formula is C11H16BrNO. The van der Waals surface area contributed by atoms with Crippen molar-refractivity contribution in [3.63, 3.8) is 0 Å². The number of halogens is 1. The van der Waals surface area contributed by atoms with E-state index in [-0.39, 0.29) is 6.61 Å². The highest BCUT2D eigenvalue weighted by molar-refractivity contribution is 9.10. The molecule has 0 heterocycles. The maximum Gasteiger partial charge on any atom is 0.0473 e. The Morgan fingerprint density at radius 3 is 2.79 bits per heavy atom. The first-order chi connectivity index (χ1) is 6.63. The average molecular weight is 258 g/mol. The van der Waals surface area contributed by atoms with Gasteiger partial charge in [0.25, 0.3) is 0 Å². The number of aliphatic hydroxyl groups is 1. The van der Waals surface area contributed by atoms with Crippen LogP contribution < -0.4 is 5.32 Å². The zero-order valence-corrected chi connectivity index (χ0v) is 10.1. The van der Waals surface area contributed by atoms with Crippen LogP contribution in [0.4, 0.5) is 5.69 Å². The lowest BCUT2D eigenvalue weighted by Gasteiger charge is -2.11. The summed E-state index contributed by atoms with van der Waals surface area (Å²) in [6.45, 7) is 5.10. The second kappa shape index (κ2) is 5.37. The van der Waals surface area contributed by atoms with E-state index in [2.05, 4.69) is 34.2 Å². The second-order valence-electron chi connectivity index (χ2n) is 3.63. The van der Waals surface area contributed by atoms with Crippen LogP contribution in [0.2, 0.25) is 0 Å². The third-order valence-electron chi connectivity index (χ3n) is 2.12. The van der Waals surface area contributed by atoms with E-state index in [1.807, 2.05) is 19.1 Å². The molecule has 0 amide bonds. The predicted octanol–water partition coefficient (Wildman–Crippen LogP) is 2.80. The van der Waals surface area contributed by atoms with E-state index < -0.39 is 0 Å². The van der Waals surface area contributed by atoms with Crippen LogP contribution in [0.15, 0.2) is 22.7 Å². The van der Waals surface area contributed by atoms with E-state index in [9.17, 15) is 0 Å². The Hall–Kier alpha value is -0.540. The topological polar surface area (TPSA) is 32.3 Å². The molecule has 0 aliphatic carbocycles. The minimum Gasteiger partial charge on any atom is -0.396 e. The molecule has 0 aliphatic rings. The van der Waals surface area contributed by atoms with Crippen molar-refractivity contribution >= 4 is 21.6 Å². The Balaban J connectivity index is 2.55. The highest BCUT2D eigenvalue weighted by Gasteiger charge is 2.00. The molecule has 3 heteroatoms. The van der Waals surface area contributed by atoms with E-state index >= 15 is 0 Å². The third-order valence-corrected chi connectivity index (χ3v) is 3.01. The molecule has 78 valence electrons. The van der Waals surface area contributed by atoms with Gasteiger partial charge in [-0.2, -0.15) is 0 Å². The molecule has 0 bridgehead atoms. The Kier molecular flexibility index (Phi) is 4.42. The first-order valence-corrected chi connectivity index (χ1v) is 5.53. The minimum atomic E-state index is 0.225. The van der Waals surface area contributed by atoms with Gasteiger partial charge in [-0.3, -0.25) is 0 Å². The van der Waals surface area contributed by atoms with Crippen molar-refractivity contribution in [3.05, 3.63) is 28.2 Å². The fourth-order valence-corrected chi connectivity index (χ4v) is 1.36. The molecular weight excluding hydrogens is 242 g/mol. The molecule has 0 aliphatic heterocycles. The molecule has 0 saturated heterocycles. The Bertz CT molecular complexity index is 301. The lowest BCUT2D eigenvalue weighted by atomic mass is 10.2. The van der Waals surface area contributed by atoms with Crippen LogP contribution in [0, 0.1) is 12.8 Å². The lowest BCUT2D eigenvalue weighted by Crippen LogP contribution is -2.14. The van der Waals surface area contributed by atoms with Crippen molar-refractivity contribution in [1.29, 1.82) is 0 Å². The molecule has 1 aromatic carbocycles. The molecule has 2 nitrogen and oxygen atoms in total. The monoisotopic (exact) mass is 257 g/mol. The van der Waals surface area contributed by atoms with Gasteiger partial charge < -0.3 is 10.4 Å². The highest BCUT2D eigenvalue weighted by Crippen LogP contribution is 2.20. The van der Waals surface area contributed by atoms with Gasteiger partial charge in [0.2, 0.25) is 0 Å². The maximum absolute atomic E-state index is 8.86. The van der Waals surface area contributed by atoms with Gasteiger partial charge in [-0.25, -0.2) is 0 Å². The smallest absolute Gasteiger partial charge is 0.0473 e. The van der Waals surface area contributed by atoms with Crippen LogP contribution >= 0.6 is 15.9 Å². The Labute approximate surface area is 93.5 Å². The number of nitrogens with one attached hydrogen (secondary N) is 1. The van der Waals surface area contributed by atoms with Crippen LogP contribution in [-0.4, -0.2) is 18.3 Å². The summed E-state index contributed by atoms with van der Waals surface area (Å²) < 4.78 is 1.12. The third kappa shape index (κ3) is 3.31. The fraction of sp³-hybridized carbons (Fsp3) is 0.455. The molecule has 0 spiro atoms. The Morgan fingerprint density at radius 2 is 2.21 bits per heavy atom. The molecule has 0 saturated carbocycles. The standard InChI is InChI=1S/C11H16BrNO/c1-8(7-14)6-13-10-3-4-11(12)9(2)5-10/h3-5,8,13-14H,6-7H2,1-2H3. The number of anilines is 1. The quantitative estimate of drug-likeness (QED) is 0.870. The molecule has 0 fully saturated rings. The minimum absolute atomic E-state index is 0.225. The van der Waals surface area contributed by atoms with Gasteiger partial charge in [0.15, 0.2) is 0 Å². The molecule has 1 atom stereocenters. The summed E-state index contributed by atoms with van der Waals surface area (Å²) in [7, 11) is 0. The van der Waals surface area contributed by atoms with E-state index in [0.29, 0.717) is 5.92 Å². The van der Waals surface area contributed by atoms with Gasteiger partial charge in [0, 0.05) is 23.3 Å². The van der Waals surface area contributed by atoms with Crippen LogP contribution in [0.1, 0.15) is 12.5 Å². The Morgan fingerprint density at radius 1 is 1.50 bits per heavy atom. The van der Waals surface area contributed by atoms with Crippen molar-refractivity contribution in [2.75, 3.05) is 18.5 Å². The van der Waals surface area contributed by atoms with Crippen molar-refractivity contribution < 1.29 is 5.11 Å². The number of aryl methyl sites for hydroxylation is 1. The molecule has 0 radical (unpaired) electrons. The number of aliphatic hydroxyl groups excluding tert-OH is 1. The first kappa shape index (κ1) is 11.5. The zero-order valence-electron chi connectivity index (χ0n) is 8.55. The molecule has 1 rings (SSSR count). The summed E-state index contributed by atoms with van der Waals surface area (Å²) in [6.07, 6.45) is 0. The zero-order chi connectivity index (χ0) is 10.6. The number of hydrogen-bond donors (Lipinski definition) is 2. The second-order valence-corrected chi connectivity index (χ2v) is 4.49. The number of benzene rings is 1. The van der Waals surface area contributed by atoms with Crippen molar-refractivity contribution in [1.82, 2.24) is 0 Å². The highest BCUT2D eigenvalue weighted by atomic mass is 79.9. The summed E-state index contributed by atoms with van der Waals surface area (Å²) in [5.74, 6) is 0.291. The summed E-state index contributed by atoms with van der Waals surface area (Å²) in [5.41, 5.74) is 2.32. The van der Waals surface area contributed by atoms with Gasteiger partial charge in [0.05, 0.1) is 0 Å². The molecule has 1 aromatic rings. The number of rotatable bonds is 4. The first-order valence-electron chi connectivity index (χ1n) is 4.74.